The Labute approximate surface area is 148 Å². The van der Waals surface area contributed by atoms with Gasteiger partial charge in [0.2, 0.25) is 0 Å². The van der Waals surface area contributed by atoms with E-state index in [0.717, 1.165) is 13.0 Å². The van der Waals surface area contributed by atoms with Gasteiger partial charge >= 0.3 is 0 Å². The van der Waals surface area contributed by atoms with Crippen molar-refractivity contribution in [2.75, 3.05) is 0 Å². The third-order valence-corrected chi connectivity index (χ3v) is 4.91. The van der Waals surface area contributed by atoms with E-state index < -0.39 is 0 Å². The third kappa shape index (κ3) is 5.49. The first-order valence-corrected chi connectivity index (χ1v) is 9.14. The van der Waals surface area contributed by atoms with Crippen LogP contribution in [0.2, 0.25) is 0 Å². The minimum absolute atomic E-state index is 0.228. The van der Waals surface area contributed by atoms with Crippen LogP contribution >= 0.6 is 0 Å². The summed E-state index contributed by atoms with van der Waals surface area (Å²) in [5.74, 6) is 0. The molecule has 0 radical (unpaired) electrons. The smallest absolute Gasteiger partial charge is 0.0207 e. The second-order valence-corrected chi connectivity index (χ2v) is 8.19. The summed E-state index contributed by atoms with van der Waals surface area (Å²) >= 11 is 0. The maximum atomic E-state index is 3.65. The molecular formula is C23H33N. The minimum atomic E-state index is 0.228. The monoisotopic (exact) mass is 323 g/mol. The van der Waals surface area contributed by atoms with Crippen LogP contribution in [0.3, 0.4) is 0 Å². The van der Waals surface area contributed by atoms with Crippen LogP contribution in [0.1, 0.15) is 61.9 Å². The highest BCUT2D eigenvalue weighted by molar-refractivity contribution is 5.30. The molecule has 0 aliphatic rings. The summed E-state index contributed by atoms with van der Waals surface area (Å²) < 4.78 is 0. The molecule has 2 rings (SSSR count). The van der Waals surface area contributed by atoms with Gasteiger partial charge in [-0.25, -0.2) is 0 Å². The van der Waals surface area contributed by atoms with E-state index in [1.807, 2.05) is 0 Å². The molecule has 0 spiro atoms. The van der Waals surface area contributed by atoms with Crippen LogP contribution in [0.25, 0.3) is 0 Å². The van der Waals surface area contributed by atoms with E-state index in [4.69, 9.17) is 0 Å². The largest absolute Gasteiger partial charge is 0.310 e. The number of rotatable bonds is 6. The van der Waals surface area contributed by atoms with Crippen molar-refractivity contribution in [2.45, 2.75) is 72.4 Å². The zero-order chi connectivity index (χ0) is 17.7. The molecule has 24 heavy (non-hydrogen) atoms. The Balaban J connectivity index is 1.80. The zero-order valence-electron chi connectivity index (χ0n) is 16.2. The van der Waals surface area contributed by atoms with Crippen molar-refractivity contribution in [1.29, 1.82) is 0 Å². The molecule has 0 aromatic heterocycles. The average Bonchev–Trinajstić information content (AvgIpc) is 2.53. The van der Waals surface area contributed by atoms with Gasteiger partial charge in [-0.15, -0.1) is 0 Å². The van der Waals surface area contributed by atoms with E-state index >= 15 is 0 Å². The molecule has 1 unspecified atom stereocenters. The van der Waals surface area contributed by atoms with E-state index in [9.17, 15) is 0 Å². The van der Waals surface area contributed by atoms with Crippen LogP contribution in [0, 0.1) is 13.8 Å². The standard InChI is InChI=1S/C23H33N/c1-17-7-9-20(15-18(17)2)10-8-19(3)24-16-21-11-13-22(14-12-21)23(4,5)6/h7,9,11-15,19,24H,8,10,16H2,1-6H3. The van der Waals surface area contributed by atoms with Crippen molar-refractivity contribution in [1.82, 2.24) is 5.32 Å². The average molecular weight is 324 g/mol. The third-order valence-electron chi connectivity index (χ3n) is 4.91. The highest BCUT2D eigenvalue weighted by Crippen LogP contribution is 2.22. The van der Waals surface area contributed by atoms with Crippen LogP contribution in [0.4, 0.5) is 0 Å². The lowest BCUT2D eigenvalue weighted by molar-refractivity contribution is 0.513. The molecular weight excluding hydrogens is 290 g/mol. The van der Waals surface area contributed by atoms with Gasteiger partial charge in [0.25, 0.3) is 0 Å². The van der Waals surface area contributed by atoms with E-state index in [-0.39, 0.29) is 5.41 Å². The van der Waals surface area contributed by atoms with Crippen LogP contribution in [0.5, 0.6) is 0 Å². The molecule has 0 bridgehead atoms. The molecule has 130 valence electrons. The lowest BCUT2D eigenvalue weighted by atomic mass is 9.87. The maximum Gasteiger partial charge on any atom is 0.0207 e. The van der Waals surface area contributed by atoms with Gasteiger partial charge in [-0.05, 0) is 66.8 Å². The summed E-state index contributed by atoms with van der Waals surface area (Å²) in [6.07, 6.45) is 2.31. The molecule has 1 heteroatoms. The van der Waals surface area contributed by atoms with Crippen molar-refractivity contribution in [3.05, 3.63) is 70.3 Å². The van der Waals surface area contributed by atoms with Gasteiger partial charge in [-0.1, -0.05) is 63.2 Å². The molecule has 2 aromatic rings. The molecule has 0 saturated carbocycles. The number of aryl methyl sites for hydroxylation is 3. The summed E-state index contributed by atoms with van der Waals surface area (Å²) in [6, 6.07) is 16.4. The topological polar surface area (TPSA) is 12.0 Å². The Bertz CT molecular complexity index is 647. The van der Waals surface area contributed by atoms with E-state index in [2.05, 4.69) is 89.3 Å². The fraction of sp³-hybridized carbons (Fsp3) is 0.478. The second-order valence-electron chi connectivity index (χ2n) is 8.19. The molecule has 0 saturated heterocycles. The van der Waals surface area contributed by atoms with Crippen molar-refractivity contribution < 1.29 is 0 Å². The number of benzene rings is 2. The fourth-order valence-corrected chi connectivity index (χ4v) is 2.86. The molecule has 2 aromatic carbocycles. The van der Waals surface area contributed by atoms with Crippen LogP contribution < -0.4 is 5.32 Å². The second kappa shape index (κ2) is 7.98. The van der Waals surface area contributed by atoms with Gasteiger partial charge < -0.3 is 5.32 Å². The van der Waals surface area contributed by atoms with Crippen LogP contribution in [-0.2, 0) is 18.4 Å². The van der Waals surface area contributed by atoms with Gasteiger partial charge in [0.15, 0.2) is 0 Å². The summed E-state index contributed by atoms with van der Waals surface area (Å²) in [5.41, 5.74) is 7.21. The minimum Gasteiger partial charge on any atom is -0.310 e. The van der Waals surface area contributed by atoms with E-state index in [1.54, 1.807) is 0 Å². The number of hydrogen-bond acceptors (Lipinski definition) is 1. The summed E-state index contributed by atoms with van der Waals surface area (Å²) in [7, 11) is 0. The van der Waals surface area contributed by atoms with E-state index in [0.29, 0.717) is 6.04 Å². The van der Waals surface area contributed by atoms with Crippen molar-refractivity contribution >= 4 is 0 Å². The Hall–Kier alpha value is -1.60. The van der Waals surface area contributed by atoms with Gasteiger partial charge in [-0.2, -0.15) is 0 Å². The quantitative estimate of drug-likeness (QED) is 0.717. The van der Waals surface area contributed by atoms with Gasteiger partial charge in [0.1, 0.15) is 0 Å². The summed E-state index contributed by atoms with van der Waals surface area (Å²) in [6.45, 7) is 14.4. The highest BCUT2D eigenvalue weighted by Gasteiger charge is 2.12. The molecule has 1 N–H and O–H groups in total. The first-order valence-electron chi connectivity index (χ1n) is 9.14. The van der Waals surface area contributed by atoms with E-state index in [1.165, 1.54) is 34.2 Å². The molecule has 0 amide bonds. The van der Waals surface area contributed by atoms with Crippen molar-refractivity contribution in [3.63, 3.8) is 0 Å². The lowest BCUT2D eigenvalue weighted by Crippen LogP contribution is -2.26. The maximum absolute atomic E-state index is 3.65. The lowest BCUT2D eigenvalue weighted by Gasteiger charge is -2.19. The van der Waals surface area contributed by atoms with Gasteiger partial charge in [0.05, 0.1) is 0 Å². The Morgan fingerprint density at radius 3 is 2.08 bits per heavy atom. The first kappa shape index (κ1) is 18.7. The molecule has 0 heterocycles. The Kier molecular flexibility index (Phi) is 6.23. The molecule has 0 aliphatic heterocycles. The summed E-state index contributed by atoms with van der Waals surface area (Å²) in [4.78, 5) is 0. The normalized spacial score (nSPS) is 13.1. The molecule has 1 nitrogen and oxygen atoms in total. The van der Waals surface area contributed by atoms with Crippen LogP contribution in [-0.4, -0.2) is 6.04 Å². The van der Waals surface area contributed by atoms with Crippen molar-refractivity contribution in [3.8, 4) is 0 Å². The summed E-state index contributed by atoms with van der Waals surface area (Å²) in [5, 5.41) is 3.65. The molecule has 0 fully saturated rings. The zero-order valence-corrected chi connectivity index (χ0v) is 16.2. The van der Waals surface area contributed by atoms with Gasteiger partial charge in [0, 0.05) is 12.6 Å². The Morgan fingerprint density at radius 1 is 0.875 bits per heavy atom. The van der Waals surface area contributed by atoms with Crippen LogP contribution in [0.15, 0.2) is 42.5 Å². The number of hydrogen-bond donors (Lipinski definition) is 1. The predicted octanol–water partition coefficient (Wildman–Crippen LogP) is 5.71. The SMILES string of the molecule is Cc1ccc(CCC(C)NCc2ccc(C(C)(C)C)cc2)cc1C. The molecule has 1 atom stereocenters. The predicted molar refractivity (Wildman–Crippen MR) is 106 cm³/mol. The van der Waals surface area contributed by atoms with Gasteiger partial charge in [-0.3, -0.25) is 0 Å². The van der Waals surface area contributed by atoms with Crippen molar-refractivity contribution in [2.24, 2.45) is 0 Å². The highest BCUT2D eigenvalue weighted by atomic mass is 14.9. The fourth-order valence-electron chi connectivity index (χ4n) is 2.86. The first-order chi connectivity index (χ1) is 11.3. The Morgan fingerprint density at radius 2 is 1.50 bits per heavy atom. The number of nitrogens with one attached hydrogen (secondary N) is 1. The molecule has 0 aliphatic carbocycles.